The van der Waals surface area contributed by atoms with Gasteiger partial charge in [0.1, 0.15) is 0 Å². The molecular weight excluding hydrogens is 432 g/mol. The van der Waals surface area contributed by atoms with Crippen LogP contribution in [0.1, 0.15) is 75.8 Å². The van der Waals surface area contributed by atoms with Crippen molar-refractivity contribution in [2.75, 3.05) is 12.4 Å². The van der Waals surface area contributed by atoms with Crippen molar-refractivity contribution < 1.29 is 9.53 Å². The zero-order valence-electron chi connectivity index (χ0n) is 19.6. The lowest BCUT2D eigenvalue weighted by Gasteiger charge is -2.42. The second-order valence-corrected chi connectivity index (χ2v) is 10.9. The van der Waals surface area contributed by atoms with Crippen molar-refractivity contribution in [2.45, 2.75) is 88.2 Å². The number of thioether (sulfide) groups is 1. The summed E-state index contributed by atoms with van der Waals surface area (Å²) in [5.74, 6) is 0.435. The standard InChI is InChI=1S/C27H34N2O3S/c1-2-32-22(30)18-33-26-28-24-21-13-7-6-12-20(21)16-27(14-8-3-9-15-27)23(24)25(31)29(26)17-19-10-4-5-11-19/h6-7,12-13,19H,2-5,8-11,14-18H2,1H3. The second-order valence-electron chi connectivity index (χ2n) is 9.95. The van der Waals surface area contributed by atoms with Crippen LogP contribution in [0.5, 0.6) is 0 Å². The number of ether oxygens (including phenoxy) is 1. The van der Waals surface area contributed by atoms with Gasteiger partial charge in [0.15, 0.2) is 5.16 Å². The topological polar surface area (TPSA) is 61.2 Å². The van der Waals surface area contributed by atoms with Gasteiger partial charge in [0.2, 0.25) is 0 Å². The van der Waals surface area contributed by atoms with Crippen LogP contribution in [0.3, 0.4) is 0 Å². The number of fused-ring (bicyclic) bond motifs is 4. The molecule has 5 rings (SSSR count). The number of aromatic nitrogens is 2. The van der Waals surface area contributed by atoms with Crippen molar-refractivity contribution in [1.29, 1.82) is 0 Å². The lowest BCUT2D eigenvalue weighted by Crippen LogP contribution is -2.43. The molecule has 0 bridgehead atoms. The number of benzene rings is 1. The van der Waals surface area contributed by atoms with Crippen LogP contribution in [0.25, 0.3) is 11.3 Å². The highest BCUT2D eigenvalue weighted by atomic mass is 32.2. The highest BCUT2D eigenvalue weighted by Gasteiger charge is 2.43. The molecule has 0 radical (unpaired) electrons. The van der Waals surface area contributed by atoms with Gasteiger partial charge in [-0.3, -0.25) is 14.2 Å². The number of hydrogen-bond acceptors (Lipinski definition) is 5. The minimum Gasteiger partial charge on any atom is -0.465 e. The van der Waals surface area contributed by atoms with E-state index in [1.807, 2.05) is 17.6 Å². The summed E-state index contributed by atoms with van der Waals surface area (Å²) in [6.45, 7) is 2.89. The Kier molecular flexibility index (Phi) is 6.64. The Hall–Kier alpha value is -2.08. The highest BCUT2D eigenvalue weighted by Crippen LogP contribution is 2.49. The maximum absolute atomic E-state index is 14.3. The van der Waals surface area contributed by atoms with Crippen LogP contribution in [-0.4, -0.2) is 27.9 Å². The first-order valence-corrected chi connectivity index (χ1v) is 13.6. The number of carbonyl (C=O) groups excluding carboxylic acids is 1. The van der Waals surface area contributed by atoms with Gasteiger partial charge in [0.05, 0.1) is 23.6 Å². The lowest BCUT2D eigenvalue weighted by atomic mass is 9.62. The van der Waals surface area contributed by atoms with E-state index in [4.69, 9.17) is 9.72 Å². The third-order valence-electron chi connectivity index (χ3n) is 7.82. The van der Waals surface area contributed by atoms with Gasteiger partial charge in [-0.05, 0) is 50.5 Å². The quantitative estimate of drug-likeness (QED) is 0.319. The molecule has 2 fully saturated rings. The first-order chi connectivity index (χ1) is 16.1. The van der Waals surface area contributed by atoms with Gasteiger partial charge >= 0.3 is 5.97 Å². The molecule has 1 spiro atoms. The van der Waals surface area contributed by atoms with E-state index in [2.05, 4.69) is 18.2 Å². The number of rotatable bonds is 6. The number of esters is 1. The fraction of sp³-hybridized carbons (Fsp3) is 0.593. The van der Waals surface area contributed by atoms with E-state index in [-0.39, 0.29) is 22.7 Å². The molecule has 176 valence electrons. The minimum atomic E-state index is -0.258. The van der Waals surface area contributed by atoms with Crippen LogP contribution in [0.15, 0.2) is 34.2 Å². The summed E-state index contributed by atoms with van der Waals surface area (Å²) in [5, 5.41) is 0.668. The summed E-state index contributed by atoms with van der Waals surface area (Å²) >= 11 is 1.35. The Morgan fingerprint density at radius 1 is 1.15 bits per heavy atom. The average Bonchev–Trinajstić information content (AvgIpc) is 3.33. The summed E-state index contributed by atoms with van der Waals surface area (Å²) in [7, 11) is 0. The molecule has 2 aromatic rings. The summed E-state index contributed by atoms with van der Waals surface area (Å²) in [5.41, 5.74) is 4.22. The van der Waals surface area contributed by atoms with Crippen molar-refractivity contribution >= 4 is 17.7 Å². The van der Waals surface area contributed by atoms with E-state index in [0.29, 0.717) is 24.2 Å². The molecule has 5 nitrogen and oxygen atoms in total. The Morgan fingerprint density at radius 3 is 2.67 bits per heavy atom. The summed E-state index contributed by atoms with van der Waals surface area (Å²) in [4.78, 5) is 31.6. The smallest absolute Gasteiger partial charge is 0.316 e. The van der Waals surface area contributed by atoms with Crippen molar-refractivity contribution in [3.63, 3.8) is 0 Å². The molecule has 3 aliphatic rings. The third-order valence-corrected chi connectivity index (χ3v) is 8.77. The van der Waals surface area contributed by atoms with Crippen LogP contribution in [0, 0.1) is 5.92 Å². The maximum atomic E-state index is 14.3. The summed E-state index contributed by atoms with van der Waals surface area (Å²) in [6, 6.07) is 8.44. The molecule has 1 aromatic carbocycles. The molecule has 2 saturated carbocycles. The van der Waals surface area contributed by atoms with E-state index in [9.17, 15) is 9.59 Å². The number of nitrogens with zero attached hydrogens (tertiary/aromatic N) is 2. The molecule has 0 saturated heterocycles. The molecule has 0 atom stereocenters. The fourth-order valence-corrected chi connectivity index (χ4v) is 7.07. The molecule has 33 heavy (non-hydrogen) atoms. The SMILES string of the molecule is CCOC(=O)CSc1nc2c(c(=O)n1CC1CCCC1)C1(CCCCC1)Cc1ccccc1-2. The first kappa shape index (κ1) is 22.7. The van der Waals surface area contributed by atoms with Crippen LogP contribution in [0.2, 0.25) is 0 Å². The lowest BCUT2D eigenvalue weighted by molar-refractivity contribution is -0.139. The van der Waals surface area contributed by atoms with E-state index >= 15 is 0 Å². The highest BCUT2D eigenvalue weighted by molar-refractivity contribution is 7.99. The van der Waals surface area contributed by atoms with Crippen LogP contribution in [0.4, 0.5) is 0 Å². The van der Waals surface area contributed by atoms with Gasteiger partial charge < -0.3 is 4.74 Å². The largest absolute Gasteiger partial charge is 0.465 e. The monoisotopic (exact) mass is 466 g/mol. The zero-order valence-corrected chi connectivity index (χ0v) is 20.4. The van der Waals surface area contributed by atoms with Gasteiger partial charge in [-0.25, -0.2) is 4.98 Å². The third kappa shape index (κ3) is 4.39. The Bertz CT molecular complexity index is 1080. The minimum absolute atomic E-state index is 0.103. The number of carbonyl (C=O) groups is 1. The Balaban J connectivity index is 1.65. The average molecular weight is 467 g/mol. The van der Waals surface area contributed by atoms with Gasteiger partial charge in [0.25, 0.3) is 5.56 Å². The van der Waals surface area contributed by atoms with E-state index in [0.717, 1.165) is 36.1 Å². The van der Waals surface area contributed by atoms with Gasteiger partial charge in [-0.2, -0.15) is 0 Å². The molecule has 1 heterocycles. The predicted octanol–water partition coefficient (Wildman–Crippen LogP) is 5.51. The molecule has 0 N–H and O–H groups in total. The molecule has 0 unspecified atom stereocenters. The fourth-order valence-electron chi connectivity index (χ4n) is 6.27. The van der Waals surface area contributed by atoms with E-state index in [1.165, 1.54) is 62.3 Å². The molecule has 1 aromatic heterocycles. The van der Waals surface area contributed by atoms with Crippen LogP contribution >= 0.6 is 11.8 Å². The van der Waals surface area contributed by atoms with Crippen LogP contribution < -0.4 is 5.56 Å². The predicted molar refractivity (Wildman–Crippen MR) is 132 cm³/mol. The van der Waals surface area contributed by atoms with Gasteiger partial charge in [-0.1, -0.05) is 68.1 Å². The van der Waals surface area contributed by atoms with Crippen molar-refractivity contribution in [2.24, 2.45) is 5.92 Å². The van der Waals surface area contributed by atoms with E-state index < -0.39 is 0 Å². The van der Waals surface area contributed by atoms with Crippen molar-refractivity contribution in [3.8, 4) is 11.3 Å². The van der Waals surface area contributed by atoms with Crippen molar-refractivity contribution in [1.82, 2.24) is 9.55 Å². The van der Waals surface area contributed by atoms with E-state index in [1.54, 1.807) is 0 Å². The van der Waals surface area contributed by atoms with Crippen LogP contribution in [-0.2, 0) is 27.9 Å². The Labute approximate surface area is 200 Å². The molecule has 0 aliphatic heterocycles. The molecular formula is C27H34N2O3S. The molecule has 6 heteroatoms. The van der Waals surface area contributed by atoms with Gasteiger partial charge in [-0.15, -0.1) is 0 Å². The molecule has 0 amide bonds. The van der Waals surface area contributed by atoms with Gasteiger partial charge in [0, 0.05) is 17.5 Å². The maximum Gasteiger partial charge on any atom is 0.316 e. The summed E-state index contributed by atoms with van der Waals surface area (Å²) < 4.78 is 7.07. The van der Waals surface area contributed by atoms with Crippen molar-refractivity contribution in [3.05, 3.63) is 45.7 Å². The number of hydrogen-bond donors (Lipinski definition) is 0. The Morgan fingerprint density at radius 2 is 1.91 bits per heavy atom. The molecule has 3 aliphatic carbocycles. The first-order valence-electron chi connectivity index (χ1n) is 12.6. The summed E-state index contributed by atoms with van der Waals surface area (Å²) in [6.07, 6.45) is 11.4. The second kappa shape index (κ2) is 9.65. The zero-order chi connectivity index (χ0) is 22.8. The normalized spacial score (nSPS) is 19.3.